The van der Waals surface area contributed by atoms with Crippen molar-refractivity contribution in [1.82, 2.24) is 15.3 Å². The first-order chi connectivity index (χ1) is 9.84. The molecule has 0 atom stereocenters. The number of rotatable bonds is 5. The number of aromatic nitrogens is 2. The standard InChI is InChI=1S/C17H25N3S/c1-12(2)19-10-14-6-13(8-18-9-14)7-16-20-15(11-21-16)17(3,4)5/h6,8-9,11-12,19H,7,10H2,1-5H3. The Bertz CT molecular complexity index is 582. The van der Waals surface area contributed by atoms with Gasteiger partial charge in [-0.05, 0) is 11.1 Å². The zero-order chi connectivity index (χ0) is 15.5. The fraction of sp³-hybridized carbons (Fsp3) is 0.529. The van der Waals surface area contributed by atoms with Crippen LogP contribution in [-0.2, 0) is 18.4 Å². The quantitative estimate of drug-likeness (QED) is 0.909. The van der Waals surface area contributed by atoms with Gasteiger partial charge in [0.2, 0.25) is 0 Å². The third-order valence-corrected chi connectivity index (χ3v) is 4.09. The topological polar surface area (TPSA) is 37.8 Å². The summed E-state index contributed by atoms with van der Waals surface area (Å²) in [6.07, 6.45) is 4.74. The number of hydrogen-bond acceptors (Lipinski definition) is 4. The van der Waals surface area contributed by atoms with E-state index in [9.17, 15) is 0 Å². The van der Waals surface area contributed by atoms with Crippen LogP contribution in [0.15, 0.2) is 23.8 Å². The Morgan fingerprint density at radius 1 is 1.19 bits per heavy atom. The van der Waals surface area contributed by atoms with E-state index in [0.29, 0.717) is 6.04 Å². The maximum absolute atomic E-state index is 4.76. The van der Waals surface area contributed by atoms with E-state index in [2.05, 4.69) is 56.4 Å². The van der Waals surface area contributed by atoms with E-state index in [0.717, 1.165) is 18.0 Å². The van der Waals surface area contributed by atoms with Gasteiger partial charge >= 0.3 is 0 Å². The van der Waals surface area contributed by atoms with E-state index in [-0.39, 0.29) is 5.41 Å². The highest BCUT2D eigenvalue weighted by Crippen LogP contribution is 2.25. The molecule has 0 unspecified atom stereocenters. The van der Waals surface area contributed by atoms with E-state index in [1.54, 1.807) is 11.3 Å². The molecule has 2 rings (SSSR count). The first kappa shape index (κ1) is 16.1. The molecule has 0 bridgehead atoms. The third kappa shape index (κ3) is 4.90. The van der Waals surface area contributed by atoms with Crippen LogP contribution in [0.3, 0.4) is 0 Å². The zero-order valence-corrected chi connectivity index (χ0v) is 14.4. The molecule has 0 aliphatic heterocycles. The maximum Gasteiger partial charge on any atom is 0.0973 e. The molecule has 3 nitrogen and oxygen atoms in total. The molecule has 0 fully saturated rings. The Morgan fingerprint density at radius 2 is 1.90 bits per heavy atom. The van der Waals surface area contributed by atoms with Crippen LogP contribution in [-0.4, -0.2) is 16.0 Å². The molecule has 0 amide bonds. The molecule has 0 radical (unpaired) electrons. The first-order valence-corrected chi connectivity index (χ1v) is 8.33. The number of nitrogens with one attached hydrogen (secondary N) is 1. The molecule has 1 N–H and O–H groups in total. The zero-order valence-electron chi connectivity index (χ0n) is 13.6. The lowest BCUT2D eigenvalue weighted by molar-refractivity contribution is 0.571. The Balaban J connectivity index is 2.06. The van der Waals surface area contributed by atoms with Crippen LogP contribution in [0, 0.1) is 0 Å². The van der Waals surface area contributed by atoms with E-state index < -0.39 is 0 Å². The summed E-state index contributed by atoms with van der Waals surface area (Å²) < 4.78 is 0. The molecule has 2 aromatic rings. The highest BCUT2D eigenvalue weighted by Gasteiger charge is 2.17. The predicted molar refractivity (Wildman–Crippen MR) is 89.8 cm³/mol. The lowest BCUT2D eigenvalue weighted by Gasteiger charge is -2.14. The maximum atomic E-state index is 4.76. The van der Waals surface area contributed by atoms with Crippen LogP contribution >= 0.6 is 11.3 Å². The van der Waals surface area contributed by atoms with Crippen molar-refractivity contribution in [2.75, 3.05) is 0 Å². The molecular formula is C17H25N3S. The molecule has 2 heterocycles. The van der Waals surface area contributed by atoms with Crippen molar-refractivity contribution in [3.8, 4) is 0 Å². The van der Waals surface area contributed by atoms with Gasteiger partial charge in [-0.15, -0.1) is 11.3 Å². The summed E-state index contributed by atoms with van der Waals surface area (Å²) in [7, 11) is 0. The molecule has 4 heteroatoms. The molecule has 0 spiro atoms. The molecular weight excluding hydrogens is 278 g/mol. The number of pyridine rings is 1. The molecule has 114 valence electrons. The van der Waals surface area contributed by atoms with E-state index in [1.807, 2.05) is 12.4 Å². The van der Waals surface area contributed by atoms with Gasteiger partial charge in [0.25, 0.3) is 0 Å². The van der Waals surface area contributed by atoms with Gasteiger partial charge in [0.05, 0.1) is 10.7 Å². The van der Waals surface area contributed by atoms with Crippen LogP contribution in [0.25, 0.3) is 0 Å². The van der Waals surface area contributed by atoms with E-state index in [4.69, 9.17) is 4.98 Å². The fourth-order valence-electron chi connectivity index (χ4n) is 1.97. The Kier molecular flexibility index (Phi) is 5.12. The van der Waals surface area contributed by atoms with Crippen molar-refractivity contribution in [3.05, 3.63) is 45.7 Å². The van der Waals surface area contributed by atoms with Crippen molar-refractivity contribution in [2.45, 2.75) is 59.0 Å². The second kappa shape index (κ2) is 6.67. The SMILES string of the molecule is CC(C)NCc1cncc(Cc2nc(C(C)(C)C)cs2)c1. The normalized spacial score (nSPS) is 12.1. The Morgan fingerprint density at radius 3 is 2.52 bits per heavy atom. The molecule has 0 aliphatic carbocycles. The summed E-state index contributed by atoms with van der Waals surface area (Å²) in [6.45, 7) is 11.8. The highest BCUT2D eigenvalue weighted by atomic mass is 32.1. The number of hydrogen-bond donors (Lipinski definition) is 1. The fourth-order valence-corrected chi connectivity index (χ4v) is 3.02. The van der Waals surface area contributed by atoms with E-state index in [1.165, 1.54) is 16.8 Å². The second-order valence-electron chi connectivity index (χ2n) is 6.79. The van der Waals surface area contributed by atoms with Gasteiger partial charge in [-0.3, -0.25) is 4.98 Å². The van der Waals surface area contributed by atoms with Crippen LogP contribution < -0.4 is 5.32 Å². The molecule has 2 aromatic heterocycles. The van der Waals surface area contributed by atoms with Crippen molar-refractivity contribution >= 4 is 11.3 Å². The smallest absolute Gasteiger partial charge is 0.0973 e. The Hall–Kier alpha value is -1.26. The summed E-state index contributed by atoms with van der Waals surface area (Å²) >= 11 is 1.74. The van der Waals surface area contributed by atoms with Gasteiger partial charge in [0.1, 0.15) is 0 Å². The van der Waals surface area contributed by atoms with Gasteiger partial charge in [-0.1, -0.05) is 40.7 Å². The summed E-state index contributed by atoms with van der Waals surface area (Å²) in [5.41, 5.74) is 3.76. The first-order valence-electron chi connectivity index (χ1n) is 7.45. The van der Waals surface area contributed by atoms with Gasteiger partial charge in [-0.2, -0.15) is 0 Å². The number of nitrogens with zero attached hydrogens (tertiary/aromatic N) is 2. The molecule has 0 saturated carbocycles. The minimum atomic E-state index is 0.121. The highest BCUT2D eigenvalue weighted by molar-refractivity contribution is 7.09. The molecule has 0 saturated heterocycles. The van der Waals surface area contributed by atoms with Crippen molar-refractivity contribution in [1.29, 1.82) is 0 Å². The van der Waals surface area contributed by atoms with Crippen molar-refractivity contribution in [3.63, 3.8) is 0 Å². The van der Waals surface area contributed by atoms with Crippen LogP contribution in [0.1, 0.15) is 56.4 Å². The van der Waals surface area contributed by atoms with Crippen molar-refractivity contribution in [2.24, 2.45) is 0 Å². The molecule has 21 heavy (non-hydrogen) atoms. The molecule has 0 aliphatic rings. The monoisotopic (exact) mass is 303 g/mol. The van der Waals surface area contributed by atoms with E-state index >= 15 is 0 Å². The predicted octanol–water partition coefficient (Wildman–Crippen LogP) is 3.92. The minimum Gasteiger partial charge on any atom is -0.310 e. The van der Waals surface area contributed by atoms with Gasteiger partial charge in [0, 0.05) is 42.2 Å². The summed E-state index contributed by atoms with van der Waals surface area (Å²) in [5, 5.41) is 6.76. The summed E-state index contributed by atoms with van der Waals surface area (Å²) in [5.74, 6) is 0. The summed E-state index contributed by atoms with van der Waals surface area (Å²) in [4.78, 5) is 9.11. The molecule has 0 aromatic carbocycles. The van der Waals surface area contributed by atoms with Gasteiger partial charge in [0.15, 0.2) is 0 Å². The van der Waals surface area contributed by atoms with Crippen LogP contribution in [0.2, 0.25) is 0 Å². The number of thiazole rings is 1. The van der Waals surface area contributed by atoms with Gasteiger partial charge in [-0.25, -0.2) is 4.98 Å². The average Bonchev–Trinajstić information content (AvgIpc) is 2.85. The lowest BCUT2D eigenvalue weighted by Crippen LogP contribution is -2.21. The van der Waals surface area contributed by atoms with Crippen LogP contribution in [0.5, 0.6) is 0 Å². The second-order valence-corrected chi connectivity index (χ2v) is 7.73. The van der Waals surface area contributed by atoms with Crippen molar-refractivity contribution < 1.29 is 0 Å². The summed E-state index contributed by atoms with van der Waals surface area (Å²) in [6, 6.07) is 2.71. The third-order valence-electron chi connectivity index (χ3n) is 3.24. The largest absolute Gasteiger partial charge is 0.310 e. The Labute approximate surface area is 131 Å². The lowest BCUT2D eigenvalue weighted by atomic mass is 9.93. The van der Waals surface area contributed by atoms with Gasteiger partial charge < -0.3 is 5.32 Å². The van der Waals surface area contributed by atoms with Crippen LogP contribution in [0.4, 0.5) is 0 Å². The minimum absolute atomic E-state index is 0.121. The average molecular weight is 303 g/mol.